The van der Waals surface area contributed by atoms with Crippen molar-refractivity contribution in [1.82, 2.24) is 20.8 Å². The van der Waals surface area contributed by atoms with Crippen LogP contribution in [0.15, 0.2) is 28.9 Å². The van der Waals surface area contributed by atoms with E-state index in [-0.39, 0.29) is 6.03 Å². The average Bonchev–Trinajstić information content (AvgIpc) is 2.99. The second-order valence-corrected chi connectivity index (χ2v) is 4.35. The van der Waals surface area contributed by atoms with Crippen molar-refractivity contribution in [2.24, 2.45) is 0 Å². The Morgan fingerprint density at radius 1 is 1.38 bits per heavy atom. The van der Waals surface area contributed by atoms with Gasteiger partial charge in [-0.05, 0) is 12.5 Å². The summed E-state index contributed by atoms with van der Waals surface area (Å²) in [5, 5.41) is 9.29. The number of carbonyl (C=O) groups excluding carboxylic acids is 1. The number of hydrogen-bond donors (Lipinski definition) is 2. The number of pyridine rings is 1. The summed E-state index contributed by atoms with van der Waals surface area (Å²) in [6, 6.07) is 5.16. The number of aryl methyl sites for hydroxylation is 1. The van der Waals surface area contributed by atoms with E-state index in [0.29, 0.717) is 24.7 Å². The summed E-state index contributed by atoms with van der Waals surface area (Å²) in [4.78, 5) is 15.8. The van der Waals surface area contributed by atoms with Gasteiger partial charge in [-0.1, -0.05) is 18.1 Å². The van der Waals surface area contributed by atoms with Gasteiger partial charge in [0, 0.05) is 24.4 Å². The maximum Gasteiger partial charge on any atom is 0.315 e. The molecule has 0 fully saturated rings. The number of hydrogen-bond acceptors (Lipinski definition) is 5. The lowest BCUT2D eigenvalue weighted by Crippen LogP contribution is -2.34. The summed E-state index contributed by atoms with van der Waals surface area (Å²) in [5.74, 6) is 1.13. The van der Waals surface area contributed by atoms with E-state index in [0.717, 1.165) is 17.7 Å². The van der Waals surface area contributed by atoms with Crippen LogP contribution in [0.2, 0.25) is 0 Å². The first-order valence-electron chi connectivity index (χ1n) is 6.67. The van der Waals surface area contributed by atoms with Crippen LogP contribution >= 0.6 is 0 Å². The fraction of sp³-hybridized carbons (Fsp3) is 0.357. The molecule has 2 heterocycles. The molecule has 7 heteroatoms. The number of methoxy groups -OCH3 is 1. The van der Waals surface area contributed by atoms with Crippen molar-refractivity contribution in [2.75, 3.05) is 7.11 Å². The summed E-state index contributed by atoms with van der Waals surface area (Å²) >= 11 is 0. The van der Waals surface area contributed by atoms with E-state index in [2.05, 4.69) is 20.8 Å². The van der Waals surface area contributed by atoms with Crippen molar-refractivity contribution in [2.45, 2.75) is 26.4 Å². The fourth-order valence-corrected chi connectivity index (χ4v) is 1.75. The predicted octanol–water partition coefficient (Wildman–Crippen LogP) is 1.64. The molecule has 0 saturated carbocycles. The first kappa shape index (κ1) is 14.8. The molecule has 0 unspecified atom stereocenters. The minimum Gasteiger partial charge on any atom is -0.481 e. The van der Waals surface area contributed by atoms with Gasteiger partial charge in [0.15, 0.2) is 5.76 Å². The van der Waals surface area contributed by atoms with Gasteiger partial charge < -0.3 is 19.9 Å². The Hall–Kier alpha value is -2.57. The second kappa shape index (κ2) is 7.28. The number of aromatic nitrogens is 2. The summed E-state index contributed by atoms with van der Waals surface area (Å²) in [7, 11) is 1.54. The Bertz CT molecular complexity index is 597. The van der Waals surface area contributed by atoms with Crippen molar-refractivity contribution in [3.63, 3.8) is 0 Å². The minimum atomic E-state index is -0.296. The number of nitrogens with zero attached hydrogens (tertiary/aromatic N) is 2. The van der Waals surface area contributed by atoms with E-state index in [9.17, 15) is 4.79 Å². The van der Waals surface area contributed by atoms with Gasteiger partial charge in [0.1, 0.15) is 0 Å². The molecular formula is C14H18N4O3. The zero-order valence-electron chi connectivity index (χ0n) is 12.0. The molecule has 21 heavy (non-hydrogen) atoms. The van der Waals surface area contributed by atoms with Gasteiger partial charge >= 0.3 is 6.03 Å². The van der Waals surface area contributed by atoms with Crippen molar-refractivity contribution < 1.29 is 14.1 Å². The normalized spacial score (nSPS) is 10.2. The number of urea groups is 1. The highest BCUT2D eigenvalue weighted by molar-refractivity contribution is 5.73. The Labute approximate surface area is 122 Å². The largest absolute Gasteiger partial charge is 0.481 e. The molecule has 2 aromatic rings. The van der Waals surface area contributed by atoms with Crippen LogP contribution in [0.1, 0.15) is 23.9 Å². The third-order valence-electron chi connectivity index (χ3n) is 2.88. The highest BCUT2D eigenvalue weighted by atomic mass is 16.5. The van der Waals surface area contributed by atoms with Crippen LogP contribution in [-0.4, -0.2) is 23.3 Å². The smallest absolute Gasteiger partial charge is 0.315 e. The molecule has 0 aliphatic rings. The highest BCUT2D eigenvalue weighted by Crippen LogP contribution is 2.12. The van der Waals surface area contributed by atoms with Crippen molar-refractivity contribution in [1.29, 1.82) is 0 Å². The monoisotopic (exact) mass is 290 g/mol. The number of ether oxygens (including phenoxy) is 1. The summed E-state index contributed by atoms with van der Waals surface area (Å²) in [6.45, 7) is 2.62. The molecule has 2 N–H and O–H groups in total. The van der Waals surface area contributed by atoms with Gasteiger partial charge in [0.05, 0.1) is 19.3 Å². The lowest BCUT2D eigenvalue weighted by atomic mass is 10.2. The first-order chi connectivity index (χ1) is 10.2. The molecule has 0 spiro atoms. The van der Waals surface area contributed by atoms with Gasteiger partial charge in [0.25, 0.3) is 0 Å². The summed E-state index contributed by atoms with van der Waals surface area (Å²) < 4.78 is 10.2. The lowest BCUT2D eigenvalue weighted by Gasteiger charge is -2.08. The molecule has 0 saturated heterocycles. The van der Waals surface area contributed by atoms with E-state index in [4.69, 9.17) is 9.26 Å². The molecule has 112 valence electrons. The minimum absolute atomic E-state index is 0.295. The molecule has 0 atom stereocenters. The third kappa shape index (κ3) is 4.20. The SMILES string of the molecule is CCc1cc(CNC(=O)NCc2cccnc2OC)on1. The number of amides is 2. The fourth-order valence-electron chi connectivity index (χ4n) is 1.75. The zero-order chi connectivity index (χ0) is 15.1. The molecule has 0 aliphatic carbocycles. The van der Waals surface area contributed by atoms with Crippen LogP contribution in [-0.2, 0) is 19.5 Å². The molecule has 0 bridgehead atoms. The number of rotatable bonds is 6. The van der Waals surface area contributed by atoms with Crippen molar-refractivity contribution >= 4 is 6.03 Å². The van der Waals surface area contributed by atoms with E-state index in [1.165, 1.54) is 0 Å². The standard InChI is InChI=1S/C14H18N4O3/c1-3-11-7-12(21-18-11)9-17-14(19)16-8-10-5-4-6-15-13(10)20-2/h4-7H,3,8-9H2,1-2H3,(H2,16,17,19). The van der Waals surface area contributed by atoms with Crippen LogP contribution < -0.4 is 15.4 Å². The second-order valence-electron chi connectivity index (χ2n) is 4.35. The average molecular weight is 290 g/mol. The Morgan fingerprint density at radius 2 is 2.19 bits per heavy atom. The molecule has 0 aromatic carbocycles. The van der Waals surface area contributed by atoms with Gasteiger partial charge in [-0.3, -0.25) is 0 Å². The van der Waals surface area contributed by atoms with Crippen LogP contribution in [0.3, 0.4) is 0 Å². The third-order valence-corrected chi connectivity index (χ3v) is 2.88. The zero-order valence-corrected chi connectivity index (χ0v) is 12.0. The lowest BCUT2D eigenvalue weighted by molar-refractivity contribution is 0.238. The van der Waals surface area contributed by atoms with Crippen molar-refractivity contribution in [3.05, 3.63) is 41.4 Å². The maximum absolute atomic E-state index is 11.7. The first-order valence-corrected chi connectivity index (χ1v) is 6.67. The van der Waals surface area contributed by atoms with Crippen LogP contribution in [0, 0.1) is 0 Å². The van der Waals surface area contributed by atoms with E-state index in [1.54, 1.807) is 19.4 Å². The van der Waals surface area contributed by atoms with Gasteiger partial charge in [-0.15, -0.1) is 0 Å². The molecule has 2 rings (SSSR count). The topological polar surface area (TPSA) is 89.3 Å². The van der Waals surface area contributed by atoms with E-state index < -0.39 is 0 Å². The maximum atomic E-state index is 11.7. The Morgan fingerprint density at radius 3 is 2.90 bits per heavy atom. The number of carbonyl (C=O) groups is 1. The van der Waals surface area contributed by atoms with Gasteiger partial charge in [0.2, 0.25) is 5.88 Å². The summed E-state index contributed by atoms with van der Waals surface area (Å²) in [6.07, 6.45) is 2.44. The van der Waals surface area contributed by atoms with E-state index >= 15 is 0 Å². The molecule has 2 aromatic heterocycles. The summed E-state index contributed by atoms with van der Waals surface area (Å²) in [5.41, 5.74) is 1.68. The highest BCUT2D eigenvalue weighted by Gasteiger charge is 2.07. The van der Waals surface area contributed by atoms with Crippen LogP contribution in [0.25, 0.3) is 0 Å². The predicted molar refractivity (Wildman–Crippen MR) is 75.7 cm³/mol. The Kier molecular flexibility index (Phi) is 5.14. The molecular weight excluding hydrogens is 272 g/mol. The van der Waals surface area contributed by atoms with Crippen LogP contribution in [0.5, 0.6) is 5.88 Å². The number of nitrogens with one attached hydrogen (secondary N) is 2. The Balaban J connectivity index is 1.79. The van der Waals surface area contributed by atoms with Crippen LogP contribution in [0.4, 0.5) is 4.79 Å². The molecule has 0 aliphatic heterocycles. The van der Waals surface area contributed by atoms with Gasteiger partial charge in [-0.2, -0.15) is 0 Å². The van der Waals surface area contributed by atoms with E-state index in [1.807, 2.05) is 19.1 Å². The molecule has 7 nitrogen and oxygen atoms in total. The quantitative estimate of drug-likeness (QED) is 0.844. The van der Waals surface area contributed by atoms with Crippen molar-refractivity contribution in [3.8, 4) is 5.88 Å². The van der Waals surface area contributed by atoms with Gasteiger partial charge in [-0.25, -0.2) is 9.78 Å². The molecule has 0 radical (unpaired) electrons. The molecule has 2 amide bonds.